The maximum Gasteiger partial charge on any atom is 0.124 e. The Kier molecular flexibility index (Phi) is 2.75. The Balaban J connectivity index is 2.40. The first-order valence-electron chi connectivity index (χ1n) is 6.31. The van der Waals surface area contributed by atoms with Gasteiger partial charge in [0.25, 0.3) is 0 Å². The summed E-state index contributed by atoms with van der Waals surface area (Å²) in [6.07, 6.45) is 0. The van der Waals surface area contributed by atoms with Crippen molar-refractivity contribution in [2.75, 3.05) is 0 Å². The SMILES string of the molecule is Cc1ccc(O)c(-c2c(O)ccc3cc(O)ccc23)c1. The minimum atomic E-state index is 0.101. The lowest BCUT2D eigenvalue weighted by Crippen LogP contribution is -1.85. The summed E-state index contributed by atoms with van der Waals surface area (Å²) in [6, 6.07) is 13.5. The number of phenolic OH excluding ortho intramolecular Hbond substituents is 3. The third-order valence-electron chi connectivity index (χ3n) is 3.40. The number of benzene rings is 3. The quantitative estimate of drug-likeness (QED) is 0.625. The minimum Gasteiger partial charge on any atom is -0.508 e. The molecule has 3 N–H and O–H groups in total. The molecule has 0 saturated heterocycles. The molecule has 0 radical (unpaired) electrons. The fourth-order valence-corrected chi connectivity index (χ4v) is 2.44. The predicted molar refractivity (Wildman–Crippen MR) is 79.1 cm³/mol. The lowest BCUT2D eigenvalue weighted by atomic mass is 9.95. The summed E-state index contributed by atoms with van der Waals surface area (Å²) < 4.78 is 0. The van der Waals surface area contributed by atoms with Crippen molar-refractivity contribution < 1.29 is 15.3 Å². The van der Waals surface area contributed by atoms with Crippen molar-refractivity contribution in [3.05, 3.63) is 54.1 Å². The molecule has 0 aliphatic carbocycles. The third-order valence-corrected chi connectivity index (χ3v) is 3.40. The normalized spacial score (nSPS) is 10.8. The smallest absolute Gasteiger partial charge is 0.124 e. The van der Waals surface area contributed by atoms with Crippen molar-refractivity contribution >= 4 is 10.8 Å². The van der Waals surface area contributed by atoms with Crippen LogP contribution in [0.3, 0.4) is 0 Å². The Labute approximate surface area is 116 Å². The van der Waals surface area contributed by atoms with Gasteiger partial charge in [0.1, 0.15) is 17.2 Å². The van der Waals surface area contributed by atoms with Crippen LogP contribution in [0, 0.1) is 6.92 Å². The number of fused-ring (bicyclic) bond motifs is 1. The van der Waals surface area contributed by atoms with Crippen molar-refractivity contribution in [1.82, 2.24) is 0 Å². The topological polar surface area (TPSA) is 60.7 Å². The Hall–Kier alpha value is -2.68. The Bertz CT molecular complexity index is 807. The van der Waals surface area contributed by atoms with Gasteiger partial charge in [0.15, 0.2) is 0 Å². The van der Waals surface area contributed by atoms with Crippen LogP contribution in [0.2, 0.25) is 0 Å². The van der Waals surface area contributed by atoms with Crippen LogP contribution in [0.1, 0.15) is 5.56 Å². The summed E-state index contributed by atoms with van der Waals surface area (Å²) in [4.78, 5) is 0. The molecule has 0 aromatic heterocycles. The van der Waals surface area contributed by atoms with E-state index in [9.17, 15) is 15.3 Å². The lowest BCUT2D eigenvalue weighted by Gasteiger charge is -2.12. The number of hydrogen-bond acceptors (Lipinski definition) is 3. The standard InChI is InChI=1S/C17H14O3/c1-10-2-6-15(19)14(8-10)17-13-5-4-12(18)9-11(13)3-7-16(17)20/h2-9,18-20H,1H3. The predicted octanol–water partition coefficient (Wildman–Crippen LogP) is 3.93. The molecule has 3 heteroatoms. The van der Waals surface area contributed by atoms with Gasteiger partial charge >= 0.3 is 0 Å². The lowest BCUT2D eigenvalue weighted by molar-refractivity contribution is 0.469. The van der Waals surface area contributed by atoms with E-state index in [4.69, 9.17) is 0 Å². The Morgan fingerprint density at radius 2 is 1.50 bits per heavy atom. The van der Waals surface area contributed by atoms with Crippen molar-refractivity contribution in [2.45, 2.75) is 6.92 Å². The van der Waals surface area contributed by atoms with E-state index in [1.165, 1.54) is 0 Å². The van der Waals surface area contributed by atoms with Crippen LogP contribution >= 0.6 is 0 Å². The summed E-state index contributed by atoms with van der Waals surface area (Å²) in [5.74, 6) is 0.387. The van der Waals surface area contributed by atoms with Gasteiger partial charge in [-0.1, -0.05) is 17.7 Å². The van der Waals surface area contributed by atoms with Gasteiger partial charge in [0, 0.05) is 11.1 Å². The molecule has 0 aliphatic heterocycles. The molecule has 20 heavy (non-hydrogen) atoms. The van der Waals surface area contributed by atoms with Crippen molar-refractivity contribution in [3.8, 4) is 28.4 Å². The monoisotopic (exact) mass is 266 g/mol. The third kappa shape index (κ3) is 1.93. The van der Waals surface area contributed by atoms with Gasteiger partial charge in [-0.05, 0) is 54.1 Å². The molecule has 0 spiro atoms. The van der Waals surface area contributed by atoms with Gasteiger partial charge in [0.2, 0.25) is 0 Å². The molecule has 0 heterocycles. The first kappa shape index (κ1) is 12.4. The van der Waals surface area contributed by atoms with Crippen LogP contribution in [0.25, 0.3) is 21.9 Å². The van der Waals surface area contributed by atoms with Crippen molar-refractivity contribution in [2.24, 2.45) is 0 Å². The maximum atomic E-state index is 10.2. The van der Waals surface area contributed by atoms with Crippen LogP contribution in [-0.2, 0) is 0 Å². The molecule has 0 amide bonds. The largest absolute Gasteiger partial charge is 0.508 e. The van der Waals surface area contributed by atoms with E-state index in [1.807, 2.05) is 19.1 Å². The minimum absolute atomic E-state index is 0.101. The number of hydrogen-bond donors (Lipinski definition) is 3. The van der Waals surface area contributed by atoms with Gasteiger partial charge in [-0.15, -0.1) is 0 Å². The van der Waals surface area contributed by atoms with Crippen molar-refractivity contribution in [3.63, 3.8) is 0 Å². The molecule has 100 valence electrons. The van der Waals surface area contributed by atoms with E-state index in [2.05, 4.69) is 0 Å². The molecule has 3 rings (SSSR count). The molecule has 0 aliphatic rings. The highest BCUT2D eigenvalue weighted by Crippen LogP contribution is 2.41. The van der Waals surface area contributed by atoms with E-state index in [-0.39, 0.29) is 17.2 Å². The first-order chi connectivity index (χ1) is 9.56. The highest BCUT2D eigenvalue weighted by atomic mass is 16.3. The molecule has 0 unspecified atom stereocenters. The zero-order chi connectivity index (χ0) is 14.3. The molecule has 0 bridgehead atoms. The second-order valence-electron chi connectivity index (χ2n) is 4.89. The zero-order valence-electron chi connectivity index (χ0n) is 11.0. The number of phenols is 3. The van der Waals surface area contributed by atoms with E-state index in [1.54, 1.807) is 36.4 Å². The summed E-state index contributed by atoms with van der Waals surface area (Å²) >= 11 is 0. The fourth-order valence-electron chi connectivity index (χ4n) is 2.44. The second-order valence-corrected chi connectivity index (χ2v) is 4.89. The highest BCUT2D eigenvalue weighted by molar-refractivity contribution is 6.01. The van der Waals surface area contributed by atoms with Crippen LogP contribution in [0.5, 0.6) is 17.2 Å². The number of aryl methyl sites for hydroxylation is 1. The molecule has 3 aromatic carbocycles. The maximum absolute atomic E-state index is 10.2. The molecule has 0 saturated carbocycles. The Morgan fingerprint density at radius 1 is 0.750 bits per heavy atom. The molecule has 0 fully saturated rings. The van der Waals surface area contributed by atoms with E-state index >= 15 is 0 Å². The average Bonchev–Trinajstić information content (AvgIpc) is 2.42. The van der Waals surface area contributed by atoms with Gasteiger partial charge < -0.3 is 15.3 Å². The van der Waals surface area contributed by atoms with Gasteiger partial charge in [-0.25, -0.2) is 0 Å². The summed E-state index contributed by atoms with van der Waals surface area (Å²) in [5.41, 5.74) is 2.15. The highest BCUT2D eigenvalue weighted by Gasteiger charge is 2.13. The molecule has 0 atom stereocenters. The van der Waals surface area contributed by atoms with E-state index in [0.717, 1.165) is 16.3 Å². The van der Waals surface area contributed by atoms with E-state index < -0.39 is 0 Å². The molecular formula is C17H14O3. The molecule has 3 aromatic rings. The average molecular weight is 266 g/mol. The molecule has 3 nitrogen and oxygen atoms in total. The molecular weight excluding hydrogens is 252 g/mol. The summed E-state index contributed by atoms with van der Waals surface area (Å²) in [5, 5.41) is 31.4. The zero-order valence-corrected chi connectivity index (χ0v) is 11.0. The first-order valence-corrected chi connectivity index (χ1v) is 6.31. The fraction of sp³-hybridized carbons (Fsp3) is 0.0588. The second kappa shape index (κ2) is 4.46. The summed E-state index contributed by atoms with van der Waals surface area (Å²) in [6.45, 7) is 1.93. The van der Waals surface area contributed by atoms with Gasteiger partial charge in [-0.2, -0.15) is 0 Å². The van der Waals surface area contributed by atoms with Crippen LogP contribution in [0.15, 0.2) is 48.5 Å². The number of aromatic hydroxyl groups is 3. The van der Waals surface area contributed by atoms with E-state index in [0.29, 0.717) is 11.1 Å². The van der Waals surface area contributed by atoms with Gasteiger partial charge in [0.05, 0.1) is 0 Å². The van der Waals surface area contributed by atoms with Gasteiger partial charge in [-0.3, -0.25) is 0 Å². The number of rotatable bonds is 1. The Morgan fingerprint density at radius 3 is 2.30 bits per heavy atom. The van der Waals surface area contributed by atoms with Crippen LogP contribution < -0.4 is 0 Å². The van der Waals surface area contributed by atoms with Crippen LogP contribution in [-0.4, -0.2) is 15.3 Å². The summed E-state index contributed by atoms with van der Waals surface area (Å²) in [7, 11) is 0. The van der Waals surface area contributed by atoms with Crippen LogP contribution in [0.4, 0.5) is 0 Å². The van der Waals surface area contributed by atoms with Crippen molar-refractivity contribution in [1.29, 1.82) is 0 Å².